The number of methoxy groups -OCH3 is 1. The van der Waals surface area contributed by atoms with Crippen LogP contribution in [0.1, 0.15) is 57.7 Å². The van der Waals surface area contributed by atoms with Gasteiger partial charge in [0.25, 0.3) is 0 Å². The topological polar surface area (TPSA) is 206 Å². The first-order valence-corrected chi connectivity index (χ1v) is 12.7. The van der Waals surface area contributed by atoms with Crippen molar-refractivity contribution in [1.82, 2.24) is 0 Å². The molecule has 0 radical (unpaired) electrons. The predicted molar refractivity (Wildman–Crippen MR) is 132 cm³/mol. The number of hydrogen-bond acceptors (Lipinski definition) is 12. The summed E-state index contributed by atoms with van der Waals surface area (Å²) in [7, 11) is 1.36. The van der Waals surface area contributed by atoms with Gasteiger partial charge in [0.15, 0.2) is 23.6 Å². The zero-order valence-electron chi connectivity index (χ0n) is 21.4. The van der Waals surface area contributed by atoms with Crippen LogP contribution in [0.25, 0.3) is 0 Å². The van der Waals surface area contributed by atoms with Crippen molar-refractivity contribution < 1.29 is 54.1 Å². The van der Waals surface area contributed by atoms with Gasteiger partial charge in [-0.1, -0.05) is 12.2 Å². The molecule has 0 spiro atoms. The number of allylic oxidation sites excluding steroid dienone is 4. The molecule has 7 N–H and O–H groups in total. The fourth-order valence-corrected chi connectivity index (χ4v) is 6.11. The van der Waals surface area contributed by atoms with Crippen LogP contribution < -0.4 is 5.73 Å². The van der Waals surface area contributed by atoms with Crippen molar-refractivity contribution in [2.75, 3.05) is 13.7 Å². The number of hydrogen-bond donors (Lipinski definition) is 6. The molecular formula is C27H31NO11. The van der Waals surface area contributed by atoms with E-state index in [1.807, 2.05) is 0 Å². The second kappa shape index (κ2) is 9.81. The van der Waals surface area contributed by atoms with Crippen molar-refractivity contribution in [3.63, 3.8) is 0 Å². The SMILES string of the molecule is COC1=CC=CC2C(=O)c3c(O)c4c(c(O)c3C(=O)C12)C(OC1CC(N)C(O)C(C)O1)CC(O)(C(=O)CO)C4. The second-order valence-electron chi connectivity index (χ2n) is 10.5. The number of aromatic hydroxyl groups is 2. The van der Waals surface area contributed by atoms with Gasteiger partial charge < -0.3 is 45.5 Å². The fourth-order valence-electron chi connectivity index (χ4n) is 6.11. The summed E-state index contributed by atoms with van der Waals surface area (Å²) in [5.74, 6) is -5.38. The summed E-state index contributed by atoms with van der Waals surface area (Å²) in [5, 5.41) is 53.8. The summed E-state index contributed by atoms with van der Waals surface area (Å²) >= 11 is 0. The number of rotatable bonds is 5. The number of Topliss-reactive ketones (excluding diaryl/α,β-unsaturated/α-hetero) is 3. The normalized spacial score (nSPS) is 35.5. The van der Waals surface area contributed by atoms with Crippen LogP contribution in [0.2, 0.25) is 0 Å². The third-order valence-electron chi connectivity index (χ3n) is 8.19. The van der Waals surface area contributed by atoms with Crippen LogP contribution in [0.3, 0.4) is 0 Å². The van der Waals surface area contributed by atoms with Gasteiger partial charge in [-0.2, -0.15) is 0 Å². The highest BCUT2D eigenvalue weighted by atomic mass is 16.7. The summed E-state index contributed by atoms with van der Waals surface area (Å²) in [6, 6.07) is -0.722. The molecule has 1 fully saturated rings. The Kier molecular flexibility index (Phi) is 6.90. The van der Waals surface area contributed by atoms with Crippen LogP contribution in [0.5, 0.6) is 11.5 Å². The van der Waals surface area contributed by atoms with E-state index in [9.17, 15) is 39.9 Å². The molecular weight excluding hydrogens is 514 g/mol. The first-order valence-electron chi connectivity index (χ1n) is 12.7. The Balaban J connectivity index is 1.66. The van der Waals surface area contributed by atoms with E-state index in [0.717, 1.165) is 0 Å². The van der Waals surface area contributed by atoms with Crippen molar-refractivity contribution >= 4 is 17.3 Å². The van der Waals surface area contributed by atoms with Crippen LogP contribution in [-0.4, -0.2) is 86.7 Å². The van der Waals surface area contributed by atoms with E-state index >= 15 is 0 Å². The maximum atomic E-state index is 13.7. The smallest absolute Gasteiger partial charge is 0.190 e. The number of ether oxygens (including phenoxy) is 3. The summed E-state index contributed by atoms with van der Waals surface area (Å²) in [6.07, 6.45) is -0.451. The molecule has 39 heavy (non-hydrogen) atoms. The Morgan fingerprint density at radius 1 is 1.21 bits per heavy atom. The number of phenolic OH excluding ortho intramolecular Hbond substituents is 2. The molecule has 3 aliphatic carbocycles. The third-order valence-corrected chi connectivity index (χ3v) is 8.19. The maximum absolute atomic E-state index is 13.7. The van der Waals surface area contributed by atoms with Crippen LogP contribution in [0, 0.1) is 11.8 Å². The van der Waals surface area contributed by atoms with Crippen molar-refractivity contribution in [2.45, 2.75) is 62.4 Å². The average molecular weight is 546 g/mol. The van der Waals surface area contributed by atoms with Gasteiger partial charge in [-0.15, -0.1) is 0 Å². The second-order valence-corrected chi connectivity index (χ2v) is 10.5. The Morgan fingerprint density at radius 3 is 2.54 bits per heavy atom. The average Bonchev–Trinajstić information content (AvgIpc) is 2.90. The number of carbonyl (C=O) groups is 3. The van der Waals surface area contributed by atoms with Crippen LogP contribution in [0.4, 0.5) is 0 Å². The van der Waals surface area contributed by atoms with E-state index in [4.69, 9.17) is 19.9 Å². The third kappa shape index (κ3) is 4.19. The van der Waals surface area contributed by atoms with E-state index in [1.54, 1.807) is 19.1 Å². The lowest BCUT2D eigenvalue weighted by Gasteiger charge is -2.42. The van der Waals surface area contributed by atoms with E-state index in [-0.39, 0.29) is 23.3 Å². The molecule has 0 bridgehead atoms. The maximum Gasteiger partial charge on any atom is 0.190 e. The monoisotopic (exact) mass is 545 g/mol. The lowest BCUT2D eigenvalue weighted by molar-refractivity contribution is -0.247. The van der Waals surface area contributed by atoms with Crippen LogP contribution in [-0.2, 0) is 25.4 Å². The van der Waals surface area contributed by atoms with Gasteiger partial charge in [0.05, 0.1) is 48.4 Å². The van der Waals surface area contributed by atoms with E-state index in [1.165, 1.54) is 13.2 Å². The van der Waals surface area contributed by atoms with Gasteiger partial charge in [-0.05, 0) is 13.0 Å². The fraction of sp³-hybridized carbons (Fsp3) is 0.519. The van der Waals surface area contributed by atoms with Gasteiger partial charge >= 0.3 is 0 Å². The van der Waals surface area contributed by atoms with E-state index in [2.05, 4.69) is 0 Å². The Morgan fingerprint density at radius 2 is 1.90 bits per heavy atom. The molecule has 1 aromatic rings. The van der Waals surface area contributed by atoms with Gasteiger partial charge in [0, 0.05) is 36.4 Å². The largest absolute Gasteiger partial charge is 0.507 e. The molecule has 5 rings (SSSR count). The minimum atomic E-state index is -2.23. The van der Waals surface area contributed by atoms with E-state index in [0.29, 0.717) is 0 Å². The van der Waals surface area contributed by atoms with Gasteiger partial charge in [0.1, 0.15) is 29.5 Å². The number of aliphatic hydroxyl groups is 3. The minimum absolute atomic E-state index is 0.0247. The van der Waals surface area contributed by atoms with Crippen molar-refractivity contribution in [3.05, 3.63) is 46.2 Å². The zero-order valence-corrected chi connectivity index (χ0v) is 21.4. The quantitative estimate of drug-likeness (QED) is 0.269. The number of carbonyl (C=O) groups excluding carboxylic acids is 3. The number of benzene rings is 1. The zero-order chi connectivity index (χ0) is 28.4. The number of phenols is 2. The minimum Gasteiger partial charge on any atom is -0.507 e. The first-order chi connectivity index (χ1) is 18.4. The summed E-state index contributed by atoms with van der Waals surface area (Å²) < 4.78 is 17.1. The van der Waals surface area contributed by atoms with Gasteiger partial charge in [0.2, 0.25) is 0 Å². The first kappa shape index (κ1) is 27.4. The number of nitrogens with two attached hydrogens (primary N) is 1. The molecule has 4 aliphatic rings. The van der Waals surface area contributed by atoms with Crippen LogP contribution in [0.15, 0.2) is 24.0 Å². The summed E-state index contributed by atoms with van der Waals surface area (Å²) in [6.45, 7) is 0.572. The number of fused-ring (bicyclic) bond motifs is 3. The highest BCUT2D eigenvalue weighted by Gasteiger charge is 2.52. The molecule has 0 aromatic heterocycles. The number of ketones is 3. The Hall–Kier alpha value is -3.13. The molecule has 12 heteroatoms. The van der Waals surface area contributed by atoms with E-state index < -0.39 is 108 Å². The van der Waals surface area contributed by atoms with Crippen molar-refractivity contribution in [1.29, 1.82) is 0 Å². The molecule has 1 saturated heterocycles. The number of aliphatic hydroxyl groups excluding tert-OH is 2. The lowest BCUT2D eigenvalue weighted by atomic mass is 9.67. The standard InChI is InChI=1S/C27H31NO11/c1-10-22(31)13(28)6-17(38-10)39-15-8-27(36,16(30)9-29)7-12-19(15)26(35)21-20(24(12)33)23(32)11-4-3-5-14(37-2)18(11)25(21)34/h3-5,10-11,13,15,17-18,22,29,31,33,35-36H,6-9,28H2,1-2H3. The van der Waals surface area contributed by atoms with Gasteiger partial charge in [-0.25, -0.2) is 0 Å². The highest BCUT2D eigenvalue weighted by Crippen LogP contribution is 2.53. The van der Waals surface area contributed by atoms with Gasteiger partial charge in [-0.3, -0.25) is 14.4 Å². The lowest BCUT2D eigenvalue weighted by Crippen LogP contribution is -2.53. The highest BCUT2D eigenvalue weighted by molar-refractivity contribution is 6.20. The molecule has 1 heterocycles. The predicted octanol–water partition coefficient (Wildman–Crippen LogP) is -0.0712. The Bertz CT molecular complexity index is 1290. The van der Waals surface area contributed by atoms with Crippen molar-refractivity contribution in [3.8, 4) is 11.5 Å². The molecule has 8 atom stereocenters. The molecule has 1 aliphatic heterocycles. The molecule has 1 aromatic carbocycles. The van der Waals surface area contributed by atoms with Crippen molar-refractivity contribution in [2.24, 2.45) is 17.6 Å². The molecule has 210 valence electrons. The summed E-state index contributed by atoms with van der Waals surface area (Å²) in [4.78, 5) is 39.9. The molecule has 0 amide bonds. The Labute approximate surface area is 223 Å². The molecule has 12 nitrogen and oxygen atoms in total. The van der Waals surface area contributed by atoms with Crippen LogP contribution >= 0.6 is 0 Å². The molecule has 8 unspecified atom stereocenters. The summed E-state index contributed by atoms with van der Waals surface area (Å²) in [5.41, 5.74) is 2.69. The molecule has 0 saturated carbocycles.